The van der Waals surface area contributed by atoms with Crippen LogP contribution in [0.25, 0.3) is 10.9 Å². The van der Waals surface area contributed by atoms with Crippen molar-refractivity contribution >= 4 is 16.9 Å². The van der Waals surface area contributed by atoms with Crippen molar-refractivity contribution in [1.82, 2.24) is 19.9 Å². The summed E-state index contributed by atoms with van der Waals surface area (Å²) in [4.78, 5) is 14.3. The molecule has 1 N–H and O–H groups in total. The van der Waals surface area contributed by atoms with Gasteiger partial charge in [0.05, 0.1) is 13.2 Å². The number of nitrogens with zero attached hydrogens (tertiary/aromatic N) is 4. The maximum Gasteiger partial charge on any atom is 0.451 e. The van der Waals surface area contributed by atoms with E-state index in [1.54, 1.807) is 13.2 Å². The summed E-state index contributed by atoms with van der Waals surface area (Å²) in [6, 6.07) is 4.91. The molecule has 0 radical (unpaired) electrons. The van der Waals surface area contributed by atoms with E-state index in [4.69, 9.17) is 9.47 Å². The number of benzene rings is 1. The van der Waals surface area contributed by atoms with Crippen LogP contribution in [0.1, 0.15) is 48.2 Å². The van der Waals surface area contributed by atoms with Crippen LogP contribution in [0, 0.1) is 5.92 Å². The van der Waals surface area contributed by atoms with Crippen molar-refractivity contribution in [1.29, 1.82) is 0 Å². The lowest BCUT2D eigenvalue weighted by Crippen LogP contribution is -2.39. The highest BCUT2D eigenvalue weighted by Gasteiger charge is 2.43. The van der Waals surface area contributed by atoms with Crippen molar-refractivity contribution < 1.29 is 35.8 Å². The molecule has 0 unspecified atom stereocenters. The van der Waals surface area contributed by atoms with Gasteiger partial charge in [0.25, 0.3) is 0 Å². The molecule has 2 aliphatic heterocycles. The number of methoxy groups -OCH3 is 1. The summed E-state index contributed by atoms with van der Waals surface area (Å²) < 4.78 is 91.6. The molecule has 1 aromatic carbocycles. The van der Waals surface area contributed by atoms with Gasteiger partial charge < -0.3 is 19.4 Å². The van der Waals surface area contributed by atoms with Gasteiger partial charge in [-0.2, -0.15) is 36.3 Å². The minimum atomic E-state index is -5.16. The maximum atomic E-state index is 13.4. The third-order valence-electron chi connectivity index (χ3n) is 6.66. The van der Waals surface area contributed by atoms with Crippen LogP contribution in [0.5, 0.6) is 5.75 Å². The average molecular weight is 515 g/mol. The smallest absolute Gasteiger partial charge is 0.451 e. The van der Waals surface area contributed by atoms with Crippen LogP contribution in [0.2, 0.25) is 0 Å². The Labute approximate surface area is 201 Å². The van der Waals surface area contributed by atoms with Crippen LogP contribution in [0.4, 0.5) is 32.3 Å². The third-order valence-corrected chi connectivity index (χ3v) is 6.66. The lowest BCUT2D eigenvalue weighted by Gasteiger charge is -2.38. The van der Waals surface area contributed by atoms with E-state index < -0.39 is 36.0 Å². The number of aromatic nitrogens is 4. The molecule has 4 heterocycles. The molecule has 0 amide bonds. The summed E-state index contributed by atoms with van der Waals surface area (Å²) in [6.45, 7) is 1.22. The highest BCUT2D eigenvalue weighted by molar-refractivity contribution is 5.87. The standard InChI is InChI=1S/C23H23F6N5O2/c1-35-13-4-5-16-15(10-13)14-6-7-34(17(18(14)30-16)9-12-3-2-8-36-11-12)21-32-19(22(24,25)26)31-20(33-21)23(27,28)29/h4-5,10,12,17,30H,2-3,6-9,11H2,1H3/t12-,17-/m0/s1. The molecule has 2 atom stereocenters. The Morgan fingerprint density at radius 1 is 1.08 bits per heavy atom. The van der Waals surface area contributed by atoms with Gasteiger partial charge in [-0.25, -0.2) is 4.98 Å². The molecule has 36 heavy (non-hydrogen) atoms. The fourth-order valence-electron chi connectivity index (χ4n) is 5.01. The van der Waals surface area contributed by atoms with Gasteiger partial charge in [0.1, 0.15) is 5.75 Å². The van der Waals surface area contributed by atoms with Gasteiger partial charge in [0.15, 0.2) is 0 Å². The zero-order valence-electron chi connectivity index (χ0n) is 19.2. The Balaban J connectivity index is 1.63. The number of nitrogens with one attached hydrogen (secondary N) is 1. The van der Waals surface area contributed by atoms with Crippen molar-refractivity contribution in [2.24, 2.45) is 5.92 Å². The van der Waals surface area contributed by atoms with Gasteiger partial charge in [0, 0.05) is 36.4 Å². The Morgan fingerprint density at radius 2 is 1.81 bits per heavy atom. The van der Waals surface area contributed by atoms with Gasteiger partial charge in [0.2, 0.25) is 17.6 Å². The van der Waals surface area contributed by atoms with Crippen LogP contribution < -0.4 is 9.64 Å². The first-order valence-corrected chi connectivity index (χ1v) is 11.5. The van der Waals surface area contributed by atoms with Crippen LogP contribution in [-0.2, 0) is 23.5 Å². The number of ether oxygens (including phenoxy) is 2. The summed E-state index contributed by atoms with van der Waals surface area (Å²) in [5.41, 5.74) is 2.47. The van der Waals surface area contributed by atoms with E-state index in [1.165, 1.54) is 4.90 Å². The lowest BCUT2D eigenvalue weighted by molar-refractivity contribution is -0.155. The number of anilines is 1. The molecule has 1 saturated heterocycles. The summed E-state index contributed by atoms with van der Waals surface area (Å²) in [5, 5.41) is 0.900. The maximum absolute atomic E-state index is 13.4. The Bertz CT molecular complexity index is 1220. The van der Waals surface area contributed by atoms with Gasteiger partial charge in [-0.15, -0.1) is 0 Å². The fraction of sp³-hybridized carbons (Fsp3) is 0.522. The first-order valence-electron chi connectivity index (χ1n) is 11.5. The normalized spacial score (nSPS) is 21.0. The van der Waals surface area contributed by atoms with Gasteiger partial charge >= 0.3 is 12.4 Å². The van der Waals surface area contributed by atoms with E-state index in [-0.39, 0.29) is 12.5 Å². The van der Waals surface area contributed by atoms with E-state index in [0.717, 1.165) is 35.0 Å². The molecule has 5 rings (SSSR count). The van der Waals surface area contributed by atoms with Crippen LogP contribution in [0.15, 0.2) is 18.2 Å². The zero-order valence-corrected chi connectivity index (χ0v) is 19.2. The van der Waals surface area contributed by atoms with Crippen molar-refractivity contribution in [3.8, 4) is 5.75 Å². The first kappa shape index (κ1) is 24.6. The summed E-state index contributed by atoms with van der Waals surface area (Å²) >= 11 is 0. The number of aromatic amines is 1. The Hall–Kier alpha value is -3.09. The average Bonchev–Trinajstić information content (AvgIpc) is 3.22. The quantitative estimate of drug-likeness (QED) is 0.474. The van der Waals surface area contributed by atoms with E-state index in [9.17, 15) is 26.3 Å². The summed E-state index contributed by atoms with van der Waals surface area (Å²) in [7, 11) is 1.55. The number of fused-ring (bicyclic) bond motifs is 3. The second-order valence-corrected chi connectivity index (χ2v) is 8.98. The molecule has 0 saturated carbocycles. The monoisotopic (exact) mass is 515 g/mol. The van der Waals surface area contributed by atoms with Gasteiger partial charge in [-0.05, 0) is 55.4 Å². The summed E-state index contributed by atoms with van der Waals surface area (Å²) in [6.07, 6.45) is -7.84. The first-order chi connectivity index (χ1) is 17.0. The van der Waals surface area contributed by atoms with E-state index in [0.29, 0.717) is 31.8 Å². The molecule has 2 aliphatic rings. The van der Waals surface area contributed by atoms with Gasteiger partial charge in [-0.1, -0.05) is 0 Å². The number of H-pyrrole nitrogens is 1. The largest absolute Gasteiger partial charge is 0.497 e. The van der Waals surface area contributed by atoms with Crippen LogP contribution >= 0.6 is 0 Å². The molecule has 0 spiro atoms. The molecule has 194 valence electrons. The molecule has 7 nitrogen and oxygen atoms in total. The number of alkyl halides is 6. The van der Waals surface area contributed by atoms with Gasteiger partial charge in [-0.3, -0.25) is 0 Å². The molecular weight excluding hydrogens is 492 g/mol. The molecule has 0 aliphatic carbocycles. The Kier molecular flexibility index (Phi) is 6.21. The van der Waals surface area contributed by atoms with E-state index in [1.807, 2.05) is 12.1 Å². The SMILES string of the molecule is COc1ccc2[nH]c3c(c2c1)CCN(c1nc(C(F)(F)F)nc(C(F)(F)F)n1)[C@H]3C[C@@H]1CCCOC1. The third kappa shape index (κ3) is 4.67. The number of hydrogen-bond acceptors (Lipinski definition) is 6. The van der Waals surface area contributed by atoms with Crippen molar-refractivity contribution in [3.63, 3.8) is 0 Å². The fourth-order valence-corrected chi connectivity index (χ4v) is 5.01. The number of halogens is 6. The van der Waals surface area contributed by atoms with Crippen LogP contribution in [0.3, 0.4) is 0 Å². The van der Waals surface area contributed by atoms with E-state index >= 15 is 0 Å². The summed E-state index contributed by atoms with van der Waals surface area (Å²) in [5.74, 6) is -3.66. The topological polar surface area (TPSA) is 76.2 Å². The molecular formula is C23H23F6N5O2. The zero-order chi connectivity index (χ0) is 25.7. The van der Waals surface area contributed by atoms with Crippen molar-refractivity contribution in [2.75, 3.05) is 31.8 Å². The van der Waals surface area contributed by atoms with E-state index in [2.05, 4.69) is 19.9 Å². The molecule has 3 aromatic rings. The molecule has 0 bridgehead atoms. The minimum Gasteiger partial charge on any atom is -0.497 e. The predicted molar refractivity (Wildman–Crippen MR) is 117 cm³/mol. The lowest BCUT2D eigenvalue weighted by atomic mass is 9.88. The predicted octanol–water partition coefficient (Wildman–Crippen LogP) is 5.32. The minimum absolute atomic E-state index is 0.0733. The Morgan fingerprint density at radius 3 is 2.42 bits per heavy atom. The van der Waals surface area contributed by atoms with Crippen molar-refractivity contribution in [2.45, 2.75) is 44.1 Å². The number of hydrogen-bond donors (Lipinski definition) is 1. The molecule has 2 aromatic heterocycles. The second-order valence-electron chi connectivity index (χ2n) is 8.98. The molecule has 13 heteroatoms. The van der Waals surface area contributed by atoms with Crippen LogP contribution in [-0.4, -0.2) is 46.8 Å². The number of rotatable bonds is 4. The highest BCUT2D eigenvalue weighted by atomic mass is 19.4. The highest BCUT2D eigenvalue weighted by Crippen LogP contribution is 2.42. The van der Waals surface area contributed by atoms with Crippen molar-refractivity contribution in [3.05, 3.63) is 41.1 Å². The second kappa shape index (κ2) is 9.09. The molecule has 1 fully saturated rings.